The highest BCUT2D eigenvalue weighted by atomic mass is 127. The number of carbonyl (C=O) groups is 1. The Balaban J connectivity index is 1.92. The molecule has 0 spiro atoms. The predicted octanol–water partition coefficient (Wildman–Crippen LogP) is 5.68. The molecule has 0 saturated carbocycles. The molecule has 0 aliphatic heterocycles. The van der Waals surface area contributed by atoms with Crippen molar-refractivity contribution in [3.05, 3.63) is 76.1 Å². The number of benzene rings is 2. The van der Waals surface area contributed by atoms with Gasteiger partial charge in [-0.2, -0.15) is 0 Å². The standard InChI is InChI=1S/C20H12FIN2O3/c21-15-8-12(22)6-7-16(15)24-17-14-10-23-9-13(11-4-2-1-3-5-11)18(14)27-19(17)20(25)26/h1-10,24H,(H,25,26). The Kier molecular flexibility index (Phi) is 4.53. The zero-order valence-electron chi connectivity index (χ0n) is 13.7. The minimum atomic E-state index is -1.25. The summed E-state index contributed by atoms with van der Waals surface area (Å²) in [6.07, 6.45) is 3.12. The van der Waals surface area contributed by atoms with Gasteiger partial charge in [-0.15, -0.1) is 0 Å². The highest BCUT2D eigenvalue weighted by molar-refractivity contribution is 14.1. The van der Waals surface area contributed by atoms with E-state index in [1.807, 2.05) is 52.9 Å². The fourth-order valence-electron chi connectivity index (χ4n) is 2.84. The zero-order valence-corrected chi connectivity index (χ0v) is 15.9. The monoisotopic (exact) mass is 474 g/mol. The van der Waals surface area contributed by atoms with Gasteiger partial charge in [-0.3, -0.25) is 4.98 Å². The molecule has 2 aromatic carbocycles. The number of aromatic nitrogens is 1. The van der Waals surface area contributed by atoms with Crippen LogP contribution in [-0.4, -0.2) is 16.1 Å². The number of pyridine rings is 1. The molecule has 7 heteroatoms. The van der Waals surface area contributed by atoms with Crippen molar-refractivity contribution in [3.63, 3.8) is 0 Å². The normalized spacial score (nSPS) is 10.9. The van der Waals surface area contributed by atoms with E-state index in [0.717, 1.165) is 9.13 Å². The van der Waals surface area contributed by atoms with E-state index in [1.165, 1.54) is 12.3 Å². The number of furan rings is 1. The van der Waals surface area contributed by atoms with Gasteiger partial charge in [0.15, 0.2) is 0 Å². The van der Waals surface area contributed by atoms with E-state index >= 15 is 0 Å². The van der Waals surface area contributed by atoms with Crippen LogP contribution in [-0.2, 0) is 0 Å². The SMILES string of the molecule is O=C(O)c1oc2c(-c3ccccc3)cncc2c1Nc1ccc(I)cc1F. The molecule has 0 fully saturated rings. The Morgan fingerprint density at radius 2 is 1.93 bits per heavy atom. The number of carboxylic acid groups (broad SMARTS) is 1. The molecule has 2 aromatic heterocycles. The molecule has 27 heavy (non-hydrogen) atoms. The van der Waals surface area contributed by atoms with Crippen LogP contribution in [0.15, 0.2) is 65.3 Å². The number of rotatable bonds is 4. The van der Waals surface area contributed by atoms with Gasteiger partial charge in [-0.25, -0.2) is 9.18 Å². The van der Waals surface area contributed by atoms with Crippen LogP contribution in [0.3, 0.4) is 0 Å². The van der Waals surface area contributed by atoms with Crippen molar-refractivity contribution in [1.29, 1.82) is 0 Å². The molecule has 4 rings (SSSR count). The molecule has 2 N–H and O–H groups in total. The summed E-state index contributed by atoms with van der Waals surface area (Å²) in [5.74, 6) is -2.04. The zero-order chi connectivity index (χ0) is 19.0. The van der Waals surface area contributed by atoms with Crippen LogP contribution < -0.4 is 5.32 Å². The van der Waals surface area contributed by atoms with Gasteiger partial charge < -0.3 is 14.8 Å². The van der Waals surface area contributed by atoms with Crippen LogP contribution in [0.5, 0.6) is 0 Å². The smallest absolute Gasteiger partial charge is 0.374 e. The molecule has 0 atom stereocenters. The Morgan fingerprint density at radius 1 is 1.15 bits per heavy atom. The first-order chi connectivity index (χ1) is 13.0. The average molecular weight is 474 g/mol. The summed E-state index contributed by atoms with van der Waals surface area (Å²) in [5, 5.41) is 12.9. The van der Waals surface area contributed by atoms with Gasteiger partial charge >= 0.3 is 5.97 Å². The van der Waals surface area contributed by atoms with Gasteiger partial charge in [0.25, 0.3) is 0 Å². The van der Waals surface area contributed by atoms with Crippen LogP contribution in [0, 0.1) is 9.39 Å². The number of nitrogens with zero attached hydrogens (tertiary/aromatic N) is 1. The second-order valence-electron chi connectivity index (χ2n) is 5.79. The van der Waals surface area contributed by atoms with Crippen molar-refractivity contribution < 1.29 is 18.7 Å². The Morgan fingerprint density at radius 3 is 2.63 bits per heavy atom. The van der Waals surface area contributed by atoms with Gasteiger partial charge in [0.1, 0.15) is 17.1 Å². The Labute approximate surface area is 167 Å². The number of hydrogen-bond acceptors (Lipinski definition) is 4. The maximum Gasteiger partial charge on any atom is 0.374 e. The van der Waals surface area contributed by atoms with Crippen molar-refractivity contribution in [2.24, 2.45) is 0 Å². The van der Waals surface area contributed by atoms with E-state index in [9.17, 15) is 14.3 Å². The quantitative estimate of drug-likeness (QED) is 0.373. The number of hydrogen-bond donors (Lipinski definition) is 2. The lowest BCUT2D eigenvalue weighted by Crippen LogP contribution is -2.01. The maximum atomic E-state index is 14.3. The number of fused-ring (bicyclic) bond motifs is 1. The van der Waals surface area contributed by atoms with Gasteiger partial charge in [0.05, 0.1) is 11.1 Å². The minimum absolute atomic E-state index is 0.158. The molecule has 0 saturated heterocycles. The average Bonchev–Trinajstić information content (AvgIpc) is 3.03. The van der Waals surface area contributed by atoms with Crippen LogP contribution >= 0.6 is 22.6 Å². The molecule has 5 nitrogen and oxygen atoms in total. The van der Waals surface area contributed by atoms with Crippen LogP contribution in [0.25, 0.3) is 22.1 Å². The number of nitrogens with one attached hydrogen (secondary N) is 1. The van der Waals surface area contributed by atoms with Gasteiger partial charge in [0, 0.05) is 21.5 Å². The number of carboxylic acids is 1. The molecule has 0 aliphatic carbocycles. The molecular formula is C20H12FIN2O3. The lowest BCUT2D eigenvalue weighted by Gasteiger charge is -2.07. The maximum absolute atomic E-state index is 14.3. The first kappa shape index (κ1) is 17.5. The third-order valence-electron chi connectivity index (χ3n) is 4.07. The van der Waals surface area contributed by atoms with Crippen molar-refractivity contribution in [2.45, 2.75) is 0 Å². The molecule has 4 aromatic rings. The summed E-state index contributed by atoms with van der Waals surface area (Å²) < 4.78 is 20.6. The topological polar surface area (TPSA) is 75.4 Å². The van der Waals surface area contributed by atoms with Crippen LogP contribution in [0.1, 0.15) is 10.6 Å². The molecule has 0 unspecified atom stereocenters. The van der Waals surface area contributed by atoms with Crippen molar-refractivity contribution in [3.8, 4) is 11.1 Å². The number of halogens is 2. The Bertz CT molecular complexity index is 1160. The summed E-state index contributed by atoms with van der Waals surface area (Å²) >= 11 is 2.00. The highest BCUT2D eigenvalue weighted by Crippen LogP contribution is 2.38. The summed E-state index contributed by atoms with van der Waals surface area (Å²) in [7, 11) is 0. The molecular weight excluding hydrogens is 462 g/mol. The van der Waals surface area contributed by atoms with Crippen molar-refractivity contribution >= 4 is 50.9 Å². The molecule has 0 amide bonds. The van der Waals surface area contributed by atoms with Crippen molar-refractivity contribution in [2.75, 3.05) is 5.32 Å². The van der Waals surface area contributed by atoms with E-state index in [1.54, 1.807) is 18.3 Å². The van der Waals surface area contributed by atoms with Crippen molar-refractivity contribution in [1.82, 2.24) is 4.98 Å². The lowest BCUT2D eigenvalue weighted by molar-refractivity contribution is 0.0666. The first-order valence-corrected chi connectivity index (χ1v) is 9.04. The number of aromatic carboxylic acids is 1. The summed E-state index contributed by atoms with van der Waals surface area (Å²) in [6, 6.07) is 14.0. The summed E-state index contributed by atoms with van der Waals surface area (Å²) in [4.78, 5) is 15.9. The second-order valence-corrected chi connectivity index (χ2v) is 7.04. The number of anilines is 2. The first-order valence-electron chi connectivity index (χ1n) is 7.96. The van der Waals surface area contributed by atoms with Gasteiger partial charge in [-0.05, 0) is 46.4 Å². The predicted molar refractivity (Wildman–Crippen MR) is 109 cm³/mol. The molecule has 134 valence electrons. The van der Waals surface area contributed by atoms with Gasteiger partial charge in [0.2, 0.25) is 5.76 Å². The summed E-state index contributed by atoms with van der Waals surface area (Å²) in [6.45, 7) is 0. The molecule has 0 radical (unpaired) electrons. The van der Waals surface area contributed by atoms with E-state index < -0.39 is 11.8 Å². The van der Waals surface area contributed by atoms with Gasteiger partial charge in [-0.1, -0.05) is 30.3 Å². The van der Waals surface area contributed by atoms with E-state index in [2.05, 4.69) is 10.3 Å². The van der Waals surface area contributed by atoms with Crippen LogP contribution in [0.2, 0.25) is 0 Å². The fourth-order valence-corrected chi connectivity index (χ4v) is 3.29. The summed E-state index contributed by atoms with van der Waals surface area (Å²) in [5.41, 5.74) is 2.20. The lowest BCUT2D eigenvalue weighted by atomic mass is 10.1. The van der Waals surface area contributed by atoms with E-state index in [4.69, 9.17) is 4.42 Å². The van der Waals surface area contributed by atoms with E-state index in [0.29, 0.717) is 16.5 Å². The second kappa shape index (κ2) is 6.99. The molecule has 2 heterocycles. The minimum Gasteiger partial charge on any atom is -0.475 e. The third-order valence-corrected chi connectivity index (χ3v) is 4.74. The molecule has 0 aliphatic rings. The van der Waals surface area contributed by atoms with E-state index in [-0.39, 0.29) is 17.1 Å². The van der Waals surface area contributed by atoms with Crippen LogP contribution in [0.4, 0.5) is 15.8 Å². The Hall–Kier alpha value is -2.94. The third kappa shape index (κ3) is 3.25. The highest BCUT2D eigenvalue weighted by Gasteiger charge is 2.23. The fraction of sp³-hybridized carbons (Fsp3) is 0. The largest absolute Gasteiger partial charge is 0.475 e. The molecule has 0 bridgehead atoms.